The van der Waals surface area contributed by atoms with E-state index in [0.717, 1.165) is 24.4 Å². The van der Waals surface area contributed by atoms with Gasteiger partial charge in [-0.3, -0.25) is 4.79 Å². The van der Waals surface area contributed by atoms with Crippen LogP contribution in [0, 0.1) is 5.92 Å². The van der Waals surface area contributed by atoms with Gasteiger partial charge in [0, 0.05) is 22.9 Å². The summed E-state index contributed by atoms with van der Waals surface area (Å²) in [6.07, 6.45) is 3.53. The van der Waals surface area contributed by atoms with Crippen LogP contribution in [-0.4, -0.2) is 12.5 Å². The standard InChI is InChI=1S/C15H20ClNO/c1-11(2)14(18)17-10-15(8-3-9-15)12-4-6-13(16)7-5-12/h4-7,11H,3,8-10H2,1-2H3,(H,17,18). The predicted octanol–water partition coefficient (Wildman–Crippen LogP) is 3.53. The summed E-state index contributed by atoms with van der Waals surface area (Å²) in [6.45, 7) is 4.59. The number of carbonyl (C=O) groups excluding carboxylic acids is 1. The first-order valence-corrected chi connectivity index (χ1v) is 6.95. The van der Waals surface area contributed by atoms with Gasteiger partial charge in [-0.15, -0.1) is 0 Å². The van der Waals surface area contributed by atoms with Crippen LogP contribution in [0.2, 0.25) is 5.02 Å². The molecule has 1 aromatic rings. The van der Waals surface area contributed by atoms with Gasteiger partial charge in [-0.2, -0.15) is 0 Å². The fraction of sp³-hybridized carbons (Fsp3) is 0.533. The van der Waals surface area contributed by atoms with Crippen molar-refractivity contribution < 1.29 is 4.79 Å². The van der Waals surface area contributed by atoms with Crippen molar-refractivity contribution in [2.75, 3.05) is 6.54 Å². The Balaban J connectivity index is 2.07. The minimum Gasteiger partial charge on any atom is -0.355 e. The lowest BCUT2D eigenvalue weighted by atomic mass is 9.64. The molecular formula is C15H20ClNO. The van der Waals surface area contributed by atoms with E-state index < -0.39 is 0 Å². The quantitative estimate of drug-likeness (QED) is 0.887. The molecule has 0 bridgehead atoms. The van der Waals surface area contributed by atoms with Gasteiger partial charge in [0.15, 0.2) is 0 Å². The molecule has 0 saturated heterocycles. The number of benzene rings is 1. The summed E-state index contributed by atoms with van der Waals surface area (Å²) < 4.78 is 0. The molecule has 0 unspecified atom stereocenters. The molecule has 0 aromatic heterocycles. The Morgan fingerprint density at radius 2 is 1.94 bits per heavy atom. The van der Waals surface area contributed by atoms with Gasteiger partial charge in [0.05, 0.1) is 0 Å². The monoisotopic (exact) mass is 265 g/mol. The van der Waals surface area contributed by atoms with Crippen molar-refractivity contribution in [3.8, 4) is 0 Å². The van der Waals surface area contributed by atoms with E-state index in [4.69, 9.17) is 11.6 Å². The summed E-state index contributed by atoms with van der Waals surface area (Å²) in [5.41, 5.74) is 1.43. The van der Waals surface area contributed by atoms with E-state index in [-0.39, 0.29) is 17.2 Å². The molecule has 0 spiro atoms. The first-order valence-electron chi connectivity index (χ1n) is 6.57. The average Bonchev–Trinajstić information content (AvgIpc) is 2.29. The summed E-state index contributed by atoms with van der Waals surface area (Å²) in [4.78, 5) is 11.7. The molecule has 1 aliphatic carbocycles. The van der Waals surface area contributed by atoms with Crippen molar-refractivity contribution in [3.05, 3.63) is 34.9 Å². The molecule has 0 radical (unpaired) electrons. The van der Waals surface area contributed by atoms with E-state index >= 15 is 0 Å². The maximum absolute atomic E-state index is 11.7. The molecule has 3 heteroatoms. The van der Waals surface area contributed by atoms with Crippen molar-refractivity contribution in [2.45, 2.75) is 38.5 Å². The minimum atomic E-state index is 0.0485. The van der Waals surface area contributed by atoms with Crippen LogP contribution in [0.15, 0.2) is 24.3 Å². The molecule has 18 heavy (non-hydrogen) atoms. The van der Waals surface area contributed by atoms with Crippen LogP contribution in [0.25, 0.3) is 0 Å². The fourth-order valence-electron chi connectivity index (χ4n) is 2.43. The molecule has 1 N–H and O–H groups in total. The van der Waals surface area contributed by atoms with Crippen molar-refractivity contribution in [3.63, 3.8) is 0 Å². The highest BCUT2D eigenvalue weighted by Gasteiger charge is 2.38. The van der Waals surface area contributed by atoms with E-state index in [0.29, 0.717) is 0 Å². The second-order valence-electron chi connectivity index (χ2n) is 5.51. The third-order valence-electron chi connectivity index (χ3n) is 3.89. The van der Waals surface area contributed by atoms with Crippen LogP contribution in [-0.2, 0) is 10.2 Å². The van der Waals surface area contributed by atoms with E-state index in [2.05, 4.69) is 17.4 Å². The molecule has 0 atom stereocenters. The predicted molar refractivity (Wildman–Crippen MR) is 74.8 cm³/mol. The first kappa shape index (κ1) is 13.4. The Bertz CT molecular complexity index is 421. The molecule has 1 amide bonds. The zero-order chi connectivity index (χ0) is 13.2. The van der Waals surface area contributed by atoms with Gasteiger partial charge < -0.3 is 5.32 Å². The number of halogens is 1. The van der Waals surface area contributed by atoms with Crippen LogP contribution in [0.1, 0.15) is 38.7 Å². The van der Waals surface area contributed by atoms with Gasteiger partial charge in [0.1, 0.15) is 0 Å². The number of nitrogens with one attached hydrogen (secondary N) is 1. The maximum Gasteiger partial charge on any atom is 0.222 e. The molecule has 1 fully saturated rings. The summed E-state index contributed by atoms with van der Waals surface area (Å²) >= 11 is 5.92. The zero-order valence-electron chi connectivity index (χ0n) is 11.0. The van der Waals surface area contributed by atoms with Gasteiger partial charge in [0.2, 0.25) is 5.91 Å². The van der Waals surface area contributed by atoms with Crippen molar-refractivity contribution in [1.29, 1.82) is 0 Å². The summed E-state index contributed by atoms with van der Waals surface area (Å²) in [7, 11) is 0. The van der Waals surface area contributed by atoms with Crippen molar-refractivity contribution >= 4 is 17.5 Å². The van der Waals surface area contributed by atoms with Crippen LogP contribution >= 0.6 is 11.6 Å². The molecule has 1 saturated carbocycles. The Labute approximate surface area is 114 Å². The van der Waals surface area contributed by atoms with E-state index in [1.54, 1.807) is 0 Å². The molecule has 1 aromatic carbocycles. The third kappa shape index (κ3) is 2.69. The lowest BCUT2D eigenvalue weighted by Gasteiger charge is -2.42. The van der Waals surface area contributed by atoms with Crippen LogP contribution in [0.5, 0.6) is 0 Å². The number of hydrogen-bond donors (Lipinski definition) is 1. The molecule has 2 nitrogen and oxygen atoms in total. The molecular weight excluding hydrogens is 246 g/mol. The molecule has 0 heterocycles. The third-order valence-corrected chi connectivity index (χ3v) is 4.14. The largest absolute Gasteiger partial charge is 0.355 e. The van der Waals surface area contributed by atoms with Crippen LogP contribution in [0.4, 0.5) is 0 Å². The number of rotatable bonds is 4. The van der Waals surface area contributed by atoms with Crippen molar-refractivity contribution in [2.24, 2.45) is 5.92 Å². The van der Waals surface area contributed by atoms with E-state index in [1.165, 1.54) is 12.0 Å². The van der Waals surface area contributed by atoms with Gasteiger partial charge in [-0.05, 0) is 30.5 Å². The second kappa shape index (κ2) is 5.31. The smallest absolute Gasteiger partial charge is 0.222 e. The second-order valence-corrected chi connectivity index (χ2v) is 5.95. The van der Waals surface area contributed by atoms with Gasteiger partial charge in [-0.1, -0.05) is 44.0 Å². The Kier molecular flexibility index (Phi) is 3.96. The van der Waals surface area contributed by atoms with Gasteiger partial charge >= 0.3 is 0 Å². The topological polar surface area (TPSA) is 29.1 Å². The average molecular weight is 266 g/mol. The highest BCUT2D eigenvalue weighted by Crippen LogP contribution is 2.43. The lowest BCUT2D eigenvalue weighted by Crippen LogP contribution is -2.46. The van der Waals surface area contributed by atoms with E-state index in [1.807, 2.05) is 26.0 Å². The summed E-state index contributed by atoms with van der Waals surface area (Å²) in [5, 5.41) is 3.83. The van der Waals surface area contributed by atoms with E-state index in [9.17, 15) is 4.79 Å². The normalized spacial score (nSPS) is 17.3. The fourth-order valence-corrected chi connectivity index (χ4v) is 2.56. The maximum atomic E-state index is 11.7. The molecule has 98 valence electrons. The summed E-state index contributed by atoms with van der Waals surface area (Å²) in [5.74, 6) is 0.183. The Hall–Kier alpha value is -1.02. The van der Waals surface area contributed by atoms with Crippen LogP contribution < -0.4 is 5.32 Å². The van der Waals surface area contributed by atoms with Crippen molar-refractivity contribution in [1.82, 2.24) is 5.32 Å². The van der Waals surface area contributed by atoms with Crippen LogP contribution in [0.3, 0.4) is 0 Å². The molecule has 0 aliphatic heterocycles. The highest BCUT2D eigenvalue weighted by atomic mass is 35.5. The SMILES string of the molecule is CC(C)C(=O)NCC1(c2ccc(Cl)cc2)CCC1. The Morgan fingerprint density at radius 3 is 2.39 bits per heavy atom. The van der Waals surface area contributed by atoms with Gasteiger partial charge in [-0.25, -0.2) is 0 Å². The lowest BCUT2D eigenvalue weighted by molar-refractivity contribution is -0.124. The zero-order valence-corrected chi connectivity index (χ0v) is 11.8. The number of hydrogen-bond acceptors (Lipinski definition) is 1. The molecule has 2 rings (SSSR count). The Morgan fingerprint density at radius 1 is 1.33 bits per heavy atom. The highest BCUT2D eigenvalue weighted by molar-refractivity contribution is 6.30. The minimum absolute atomic E-state index is 0.0485. The molecule has 1 aliphatic rings. The summed E-state index contributed by atoms with van der Waals surface area (Å²) in [6, 6.07) is 8.04. The first-order chi connectivity index (χ1) is 8.53. The number of carbonyl (C=O) groups is 1. The number of amides is 1. The van der Waals surface area contributed by atoms with Gasteiger partial charge in [0.25, 0.3) is 0 Å².